The van der Waals surface area contributed by atoms with Crippen LogP contribution in [0, 0.1) is 0 Å². The first-order chi connectivity index (χ1) is 10.5. The number of carbonyl (C=O) groups excluding carboxylic acids is 2. The number of rotatable bonds is 3. The van der Waals surface area contributed by atoms with Crippen molar-refractivity contribution in [2.24, 2.45) is 0 Å². The van der Waals surface area contributed by atoms with E-state index < -0.39 is 18.0 Å². The number of halogens is 2. The molecule has 1 aliphatic rings. The van der Waals surface area contributed by atoms with Crippen LogP contribution in [0.2, 0.25) is 10.0 Å². The van der Waals surface area contributed by atoms with Gasteiger partial charge in [-0.1, -0.05) is 23.2 Å². The van der Waals surface area contributed by atoms with Crippen LogP contribution in [0.5, 0.6) is 5.75 Å². The summed E-state index contributed by atoms with van der Waals surface area (Å²) < 4.78 is 15.7. The van der Waals surface area contributed by atoms with Gasteiger partial charge in [0, 0.05) is 11.8 Å². The maximum absolute atomic E-state index is 12.2. The number of hydrogen-bond acceptors (Lipinski definition) is 6. The number of hydrogen-bond donors (Lipinski definition) is 0. The van der Waals surface area contributed by atoms with Crippen LogP contribution in [-0.4, -0.2) is 31.8 Å². The first-order valence-electron chi connectivity index (χ1n) is 6.35. The monoisotopic (exact) mass is 360 g/mol. The van der Waals surface area contributed by atoms with Crippen LogP contribution in [0.3, 0.4) is 0 Å². The van der Waals surface area contributed by atoms with Gasteiger partial charge in [-0.05, 0) is 12.1 Å². The predicted octanol–water partition coefficient (Wildman–Crippen LogP) is 3.69. The van der Waals surface area contributed by atoms with E-state index in [1.807, 2.05) is 0 Å². The molecule has 2 heterocycles. The van der Waals surface area contributed by atoms with E-state index in [0.717, 1.165) is 11.3 Å². The number of methoxy groups -OCH3 is 1. The summed E-state index contributed by atoms with van der Waals surface area (Å²) in [4.78, 5) is 23.8. The molecule has 116 valence electrons. The number of cyclic esters (lactones) is 1. The van der Waals surface area contributed by atoms with Gasteiger partial charge in [0.1, 0.15) is 15.6 Å². The van der Waals surface area contributed by atoms with Crippen molar-refractivity contribution >= 4 is 56.6 Å². The van der Waals surface area contributed by atoms with E-state index >= 15 is 0 Å². The fraction of sp³-hybridized carbons (Fsp3) is 0.286. The summed E-state index contributed by atoms with van der Waals surface area (Å²) in [6, 6.07) is 3.40. The molecule has 0 radical (unpaired) electrons. The second kappa shape index (κ2) is 5.95. The van der Waals surface area contributed by atoms with Gasteiger partial charge in [-0.2, -0.15) is 0 Å². The van der Waals surface area contributed by atoms with Crippen molar-refractivity contribution in [3.05, 3.63) is 27.1 Å². The lowest BCUT2D eigenvalue weighted by molar-refractivity contribution is -0.145. The summed E-state index contributed by atoms with van der Waals surface area (Å²) in [6.07, 6.45) is -0.527. The fourth-order valence-corrected chi connectivity index (χ4v) is 3.91. The second-order valence-corrected chi connectivity index (χ2v) is 6.33. The lowest BCUT2D eigenvalue weighted by Crippen LogP contribution is -2.22. The average molecular weight is 361 g/mol. The zero-order valence-electron chi connectivity index (χ0n) is 11.4. The zero-order chi connectivity index (χ0) is 15.9. The number of esters is 2. The number of benzene rings is 1. The van der Waals surface area contributed by atoms with Crippen LogP contribution in [0.1, 0.15) is 16.1 Å². The molecule has 0 spiro atoms. The first-order valence-corrected chi connectivity index (χ1v) is 7.92. The highest BCUT2D eigenvalue weighted by atomic mass is 35.5. The maximum atomic E-state index is 12.2. The summed E-state index contributed by atoms with van der Waals surface area (Å²) in [5, 5.41) is 1.27. The smallest absolute Gasteiger partial charge is 0.350 e. The van der Waals surface area contributed by atoms with Crippen molar-refractivity contribution in [2.45, 2.75) is 12.5 Å². The number of ether oxygens (including phenoxy) is 3. The number of thiophene rings is 1. The van der Waals surface area contributed by atoms with E-state index in [4.69, 9.17) is 37.4 Å². The molecule has 8 heteroatoms. The third-order valence-electron chi connectivity index (χ3n) is 3.24. The highest BCUT2D eigenvalue weighted by Crippen LogP contribution is 2.43. The summed E-state index contributed by atoms with van der Waals surface area (Å²) in [7, 11) is 1.50. The first kappa shape index (κ1) is 15.4. The van der Waals surface area contributed by atoms with Crippen LogP contribution in [0.25, 0.3) is 10.1 Å². The summed E-state index contributed by atoms with van der Waals surface area (Å²) >= 11 is 13.6. The van der Waals surface area contributed by atoms with Crippen molar-refractivity contribution in [3.63, 3.8) is 0 Å². The Bertz CT molecular complexity index is 770. The Morgan fingerprint density at radius 1 is 1.36 bits per heavy atom. The SMILES string of the molecule is COc1ccc2c(Cl)c(C(=O)OC3CCOC3=O)sc2c1Cl. The highest BCUT2D eigenvalue weighted by molar-refractivity contribution is 7.22. The highest BCUT2D eigenvalue weighted by Gasteiger charge is 2.32. The van der Waals surface area contributed by atoms with Crippen LogP contribution < -0.4 is 4.74 Å². The van der Waals surface area contributed by atoms with Gasteiger partial charge in [0.15, 0.2) is 0 Å². The lowest BCUT2D eigenvalue weighted by atomic mass is 10.2. The normalized spacial score (nSPS) is 17.6. The van der Waals surface area contributed by atoms with E-state index in [0.29, 0.717) is 27.3 Å². The standard InChI is InChI=1S/C14H10Cl2O5S/c1-19-7-3-2-6-9(15)12(22-11(6)10(7)16)14(18)21-8-4-5-20-13(8)17/h2-3,8H,4-5H2,1H3. The Labute approximate surface area is 139 Å². The van der Waals surface area contributed by atoms with Crippen LogP contribution in [0.4, 0.5) is 0 Å². The van der Waals surface area contributed by atoms with E-state index in [2.05, 4.69) is 0 Å². The van der Waals surface area contributed by atoms with E-state index in [9.17, 15) is 9.59 Å². The molecule has 1 aromatic heterocycles. The quantitative estimate of drug-likeness (QED) is 0.781. The van der Waals surface area contributed by atoms with Gasteiger partial charge in [0.2, 0.25) is 6.10 Å². The van der Waals surface area contributed by atoms with Gasteiger partial charge in [-0.15, -0.1) is 11.3 Å². The minimum Gasteiger partial charge on any atom is -0.495 e. The zero-order valence-corrected chi connectivity index (χ0v) is 13.7. The van der Waals surface area contributed by atoms with E-state index in [-0.39, 0.29) is 16.5 Å². The van der Waals surface area contributed by atoms with Gasteiger partial charge >= 0.3 is 11.9 Å². The molecule has 1 unspecified atom stereocenters. The molecule has 1 aliphatic heterocycles. The molecule has 1 aromatic carbocycles. The number of carbonyl (C=O) groups is 2. The molecule has 3 rings (SSSR count). The minimum atomic E-state index is -0.876. The largest absolute Gasteiger partial charge is 0.495 e. The van der Waals surface area contributed by atoms with Gasteiger partial charge < -0.3 is 14.2 Å². The summed E-state index contributed by atoms with van der Waals surface area (Å²) in [5.41, 5.74) is 0. The van der Waals surface area contributed by atoms with Crippen molar-refractivity contribution in [3.8, 4) is 5.75 Å². The molecule has 0 amide bonds. The predicted molar refractivity (Wildman–Crippen MR) is 83.2 cm³/mol. The third-order valence-corrected chi connectivity index (χ3v) is 5.44. The molecule has 1 atom stereocenters. The molecular weight excluding hydrogens is 351 g/mol. The van der Waals surface area contributed by atoms with Crippen molar-refractivity contribution in [2.75, 3.05) is 13.7 Å². The van der Waals surface area contributed by atoms with E-state index in [1.54, 1.807) is 12.1 Å². The van der Waals surface area contributed by atoms with Gasteiger partial charge in [0.25, 0.3) is 0 Å². The van der Waals surface area contributed by atoms with Crippen LogP contribution in [-0.2, 0) is 14.3 Å². The minimum absolute atomic E-state index is 0.200. The van der Waals surface area contributed by atoms with Crippen molar-refractivity contribution in [1.29, 1.82) is 0 Å². The van der Waals surface area contributed by atoms with Gasteiger partial charge in [-0.25, -0.2) is 9.59 Å². The molecular formula is C14H10Cl2O5S. The fourth-order valence-electron chi connectivity index (χ4n) is 2.14. The van der Waals surface area contributed by atoms with E-state index in [1.165, 1.54) is 7.11 Å². The Hall–Kier alpha value is -1.50. The van der Waals surface area contributed by atoms with Crippen molar-refractivity contribution in [1.82, 2.24) is 0 Å². The number of fused-ring (bicyclic) bond motifs is 1. The topological polar surface area (TPSA) is 61.8 Å². The molecule has 22 heavy (non-hydrogen) atoms. The Balaban J connectivity index is 1.97. The van der Waals surface area contributed by atoms with Crippen LogP contribution in [0.15, 0.2) is 12.1 Å². The average Bonchev–Trinajstić information content (AvgIpc) is 3.05. The summed E-state index contributed by atoms with van der Waals surface area (Å²) in [6.45, 7) is 0.250. The Morgan fingerprint density at radius 2 is 2.14 bits per heavy atom. The van der Waals surface area contributed by atoms with Gasteiger partial charge in [-0.3, -0.25) is 0 Å². The molecule has 2 aromatic rings. The molecule has 0 bridgehead atoms. The Morgan fingerprint density at radius 3 is 2.77 bits per heavy atom. The molecule has 5 nitrogen and oxygen atoms in total. The molecule has 0 N–H and O–H groups in total. The van der Waals surface area contributed by atoms with Gasteiger partial charge in [0.05, 0.1) is 23.4 Å². The Kier molecular flexibility index (Phi) is 4.16. The molecule has 0 aliphatic carbocycles. The summed E-state index contributed by atoms with van der Waals surface area (Å²) in [5.74, 6) is -0.707. The lowest BCUT2D eigenvalue weighted by Gasteiger charge is -2.06. The molecule has 1 fully saturated rings. The second-order valence-electron chi connectivity index (χ2n) is 4.55. The maximum Gasteiger partial charge on any atom is 0.350 e. The van der Waals surface area contributed by atoms with Crippen LogP contribution >= 0.6 is 34.5 Å². The van der Waals surface area contributed by atoms with Crippen molar-refractivity contribution < 1.29 is 23.8 Å². The third kappa shape index (κ3) is 2.51. The molecule has 1 saturated heterocycles. The molecule has 0 saturated carbocycles.